The van der Waals surface area contributed by atoms with Crippen molar-refractivity contribution in [3.05, 3.63) is 58.3 Å². The predicted octanol–water partition coefficient (Wildman–Crippen LogP) is 3.43. The van der Waals surface area contributed by atoms with E-state index in [1.54, 1.807) is 18.3 Å². The van der Waals surface area contributed by atoms with Crippen LogP contribution in [-0.2, 0) is 0 Å². The predicted molar refractivity (Wildman–Crippen MR) is 106 cm³/mol. The smallest absolute Gasteiger partial charge is 0.293 e. The third-order valence-corrected chi connectivity index (χ3v) is 3.77. The highest BCUT2D eigenvalue weighted by Gasteiger charge is 2.17. The largest absolute Gasteiger partial charge is 0.379 e. The maximum Gasteiger partial charge on any atom is 0.293 e. The number of nitrogens with zero attached hydrogens (tertiary/aromatic N) is 2. The summed E-state index contributed by atoms with van der Waals surface area (Å²) in [5.41, 5.74) is 0.595. The summed E-state index contributed by atoms with van der Waals surface area (Å²) >= 11 is 0. The highest BCUT2D eigenvalue weighted by atomic mass is 16.6. The topological polar surface area (TPSA) is 109 Å². The van der Waals surface area contributed by atoms with E-state index in [1.165, 1.54) is 6.07 Å². The van der Waals surface area contributed by atoms with Crippen LogP contribution < -0.4 is 16.0 Å². The molecule has 1 aromatic heterocycles. The number of hydrogen-bond donors (Lipinski definition) is 3. The van der Waals surface area contributed by atoms with Gasteiger partial charge in [-0.15, -0.1) is 0 Å². The Bertz CT molecular complexity index is 765. The first kappa shape index (κ1) is 20.2. The number of amides is 1. The van der Waals surface area contributed by atoms with Gasteiger partial charge in [0.05, 0.1) is 4.92 Å². The van der Waals surface area contributed by atoms with Crippen LogP contribution in [0.25, 0.3) is 0 Å². The van der Waals surface area contributed by atoms with Crippen molar-refractivity contribution in [1.29, 1.82) is 0 Å². The molecule has 0 aliphatic heterocycles. The molecule has 2 aromatic rings. The van der Waals surface area contributed by atoms with Crippen molar-refractivity contribution in [2.75, 3.05) is 23.7 Å². The van der Waals surface area contributed by atoms with Gasteiger partial charge in [0.1, 0.15) is 11.5 Å². The number of aromatic nitrogens is 1. The Balaban J connectivity index is 1.84. The van der Waals surface area contributed by atoms with Gasteiger partial charge < -0.3 is 16.0 Å². The minimum Gasteiger partial charge on any atom is -0.379 e. The molecule has 8 heteroatoms. The lowest BCUT2D eigenvalue weighted by molar-refractivity contribution is -0.384. The van der Waals surface area contributed by atoms with Crippen molar-refractivity contribution >= 4 is 23.1 Å². The summed E-state index contributed by atoms with van der Waals surface area (Å²) in [6.07, 6.45) is 3.47. The van der Waals surface area contributed by atoms with Gasteiger partial charge in [-0.05, 0) is 51.0 Å². The Morgan fingerprint density at radius 2 is 1.89 bits per heavy atom. The lowest BCUT2D eigenvalue weighted by Gasteiger charge is -2.11. The molecule has 2 rings (SSSR count). The molecule has 27 heavy (non-hydrogen) atoms. The molecule has 3 N–H and O–H groups in total. The molecule has 0 unspecified atom stereocenters. The highest BCUT2D eigenvalue weighted by Crippen LogP contribution is 2.25. The summed E-state index contributed by atoms with van der Waals surface area (Å²) in [7, 11) is 0. The molecule has 0 aliphatic rings. The molecule has 0 bridgehead atoms. The Labute approximate surface area is 158 Å². The molecule has 0 aliphatic carbocycles. The van der Waals surface area contributed by atoms with Gasteiger partial charge in [-0.1, -0.05) is 6.07 Å². The Hall–Kier alpha value is -3.16. The van der Waals surface area contributed by atoms with Crippen molar-refractivity contribution in [3.63, 3.8) is 0 Å². The van der Waals surface area contributed by atoms with Crippen molar-refractivity contribution < 1.29 is 9.72 Å². The summed E-state index contributed by atoms with van der Waals surface area (Å²) in [6.45, 7) is 5.05. The number of hydrogen-bond acceptors (Lipinski definition) is 6. The standard InChI is InChI=1S/C19H25N5O3/c1-14(2)23-19(25)15-8-9-16(17(13-15)24(26)27)20-10-5-6-12-22-18-7-3-4-11-21-18/h3-4,7-9,11,13-14,20H,5-6,10,12H2,1-2H3,(H,21,22)(H,23,25). The molecule has 1 aromatic carbocycles. The molecule has 8 nitrogen and oxygen atoms in total. The van der Waals surface area contributed by atoms with Gasteiger partial charge in [0.25, 0.3) is 11.6 Å². The number of nitro benzene ring substituents is 1. The van der Waals surface area contributed by atoms with Crippen LogP contribution in [-0.4, -0.2) is 34.9 Å². The van der Waals surface area contributed by atoms with E-state index >= 15 is 0 Å². The number of carbonyl (C=O) groups excluding carboxylic acids is 1. The summed E-state index contributed by atoms with van der Waals surface area (Å²) in [5.74, 6) is 0.511. The number of nitrogens with one attached hydrogen (secondary N) is 3. The Morgan fingerprint density at radius 1 is 1.15 bits per heavy atom. The van der Waals surface area contributed by atoms with Gasteiger partial charge in [0.2, 0.25) is 0 Å². The summed E-state index contributed by atoms with van der Waals surface area (Å²) in [6, 6.07) is 10.1. The number of carbonyl (C=O) groups is 1. The first-order valence-electron chi connectivity index (χ1n) is 8.95. The Kier molecular flexibility index (Phi) is 7.54. The average Bonchev–Trinajstić information content (AvgIpc) is 2.64. The van der Waals surface area contributed by atoms with Crippen LogP contribution in [0.1, 0.15) is 37.0 Å². The van der Waals surface area contributed by atoms with Gasteiger partial charge >= 0.3 is 0 Å². The van der Waals surface area contributed by atoms with Crippen LogP contribution in [0.2, 0.25) is 0 Å². The van der Waals surface area contributed by atoms with Crippen LogP contribution in [0.5, 0.6) is 0 Å². The van der Waals surface area contributed by atoms with E-state index in [1.807, 2.05) is 32.0 Å². The van der Waals surface area contributed by atoms with E-state index in [9.17, 15) is 14.9 Å². The van der Waals surface area contributed by atoms with Gasteiger partial charge in [0, 0.05) is 37.0 Å². The van der Waals surface area contributed by atoms with Crippen LogP contribution in [0.15, 0.2) is 42.6 Å². The first-order chi connectivity index (χ1) is 13.0. The van der Waals surface area contributed by atoms with Crippen molar-refractivity contribution in [3.8, 4) is 0 Å². The second kappa shape index (κ2) is 10.1. The number of pyridine rings is 1. The minimum atomic E-state index is -0.475. The van der Waals surface area contributed by atoms with Gasteiger partial charge in [-0.25, -0.2) is 4.98 Å². The molecule has 1 heterocycles. The third kappa shape index (κ3) is 6.58. The zero-order valence-electron chi connectivity index (χ0n) is 15.6. The summed E-state index contributed by atoms with van der Waals surface area (Å²) < 4.78 is 0. The Morgan fingerprint density at radius 3 is 2.52 bits per heavy atom. The quantitative estimate of drug-likeness (QED) is 0.335. The van der Waals surface area contributed by atoms with Gasteiger partial charge in [0.15, 0.2) is 0 Å². The van der Waals surface area contributed by atoms with E-state index in [2.05, 4.69) is 20.9 Å². The molecule has 0 atom stereocenters. The maximum absolute atomic E-state index is 12.0. The molecule has 0 radical (unpaired) electrons. The molecular weight excluding hydrogens is 346 g/mol. The van der Waals surface area contributed by atoms with E-state index in [4.69, 9.17) is 0 Å². The fourth-order valence-corrected chi connectivity index (χ4v) is 2.48. The van der Waals surface area contributed by atoms with Crippen molar-refractivity contribution in [2.45, 2.75) is 32.7 Å². The highest BCUT2D eigenvalue weighted by molar-refractivity contribution is 5.95. The molecule has 0 spiro atoms. The summed E-state index contributed by atoms with van der Waals surface area (Å²) in [4.78, 5) is 27.1. The van der Waals surface area contributed by atoms with Crippen LogP contribution in [0, 0.1) is 10.1 Å². The van der Waals surface area contributed by atoms with Crippen molar-refractivity contribution in [2.24, 2.45) is 0 Å². The average molecular weight is 371 g/mol. The molecule has 0 saturated heterocycles. The SMILES string of the molecule is CC(C)NC(=O)c1ccc(NCCCCNc2ccccn2)c([N+](=O)[O-])c1. The lowest BCUT2D eigenvalue weighted by Crippen LogP contribution is -2.30. The zero-order valence-corrected chi connectivity index (χ0v) is 15.6. The number of nitro groups is 1. The monoisotopic (exact) mass is 371 g/mol. The number of rotatable bonds is 10. The van der Waals surface area contributed by atoms with Crippen molar-refractivity contribution in [1.82, 2.24) is 10.3 Å². The lowest BCUT2D eigenvalue weighted by atomic mass is 10.1. The van der Waals surface area contributed by atoms with Gasteiger partial charge in [-0.2, -0.15) is 0 Å². The van der Waals surface area contributed by atoms with Crippen LogP contribution >= 0.6 is 0 Å². The third-order valence-electron chi connectivity index (χ3n) is 3.77. The van der Waals surface area contributed by atoms with E-state index in [0.717, 1.165) is 25.2 Å². The maximum atomic E-state index is 12.0. The molecule has 144 valence electrons. The minimum absolute atomic E-state index is 0.0333. The normalized spacial score (nSPS) is 10.5. The first-order valence-corrected chi connectivity index (χ1v) is 8.95. The molecule has 0 fully saturated rings. The molecule has 1 amide bonds. The zero-order chi connectivity index (χ0) is 19.6. The number of anilines is 2. The summed E-state index contributed by atoms with van der Waals surface area (Å²) in [5, 5.41) is 20.4. The fraction of sp³-hybridized carbons (Fsp3) is 0.368. The number of unbranched alkanes of at least 4 members (excludes halogenated alkanes) is 1. The second-order valence-electron chi connectivity index (χ2n) is 6.39. The van der Waals surface area contributed by atoms with Gasteiger partial charge in [-0.3, -0.25) is 14.9 Å². The van der Waals surface area contributed by atoms with Crippen LogP contribution in [0.4, 0.5) is 17.2 Å². The van der Waals surface area contributed by atoms with E-state index in [-0.39, 0.29) is 23.2 Å². The van der Waals surface area contributed by atoms with Crippen LogP contribution in [0.3, 0.4) is 0 Å². The molecule has 0 saturated carbocycles. The second-order valence-corrected chi connectivity index (χ2v) is 6.39. The fourth-order valence-electron chi connectivity index (χ4n) is 2.48. The van der Waals surface area contributed by atoms with E-state index in [0.29, 0.717) is 12.2 Å². The number of benzene rings is 1. The van der Waals surface area contributed by atoms with E-state index < -0.39 is 4.92 Å². The molecular formula is C19H25N5O3.